The third-order valence-corrected chi connectivity index (χ3v) is 5.29. The number of anilines is 1. The second kappa shape index (κ2) is 10.7. The van der Waals surface area contributed by atoms with Gasteiger partial charge in [-0.25, -0.2) is 9.59 Å². The summed E-state index contributed by atoms with van der Waals surface area (Å²) in [7, 11) is 0. The van der Waals surface area contributed by atoms with Gasteiger partial charge in [-0.15, -0.1) is 11.3 Å². The van der Waals surface area contributed by atoms with Crippen molar-refractivity contribution >= 4 is 40.3 Å². The predicted octanol–water partition coefficient (Wildman–Crippen LogP) is 5.01. The lowest BCUT2D eigenvalue weighted by atomic mass is 10.1. The van der Waals surface area contributed by atoms with E-state index in [2.05, 4.69) is 5.32 Å². The SMILES string of the molecule is CCOC(=O)c1c(NC(=O)/C=C/c2ccc(C)cc2)sc(C(=O)OCC(C)C)c1C. The Balaban J connectivity index is 2.26. The smallest absolute Gasteiger partial charge is 0.348 e. The van der Waals surface area contributed by atoms with E-state index in [4.69, 9.17) is 9.47 Å². The van der Waals surface area contributed by atoms with Crippen LogP contribution in [0.5, 0.6) is 0 Å². The quantitative estimate of drug-likeness (QED) is 0.471. The van der Waals surface area contributed by atoms with Gasteiger partial charge in [0, 0.05) is 6.08 Å². The van der Waals surface area contributed by atoms with Crippen molar-refractivity contribution in [3.05, 3.63) is 57.5 Å². The van der Waals surface area contributed by atoms with Crippen LogP contribution in [0.15, 0.2) is 30.3 Å². The molecule has 160 valence electrons. The van der Waals surface area contributed by atoms with Crippen molar-refractivity contribution in [2.45, 2.75) is 34.6 Å². The summed E-state index contributed by atoms with van der Waals surface area (Å²) in [5, 5.41) is 2.96. The van der Waals surface area contributed by atoms with Crippen LogP contribution >= 0.6 is 11.3 Å². The van der Waals surface area contributed by atoms with E-state index < -0.39 is 17.8 Å². The first kappa shape index (κ1) is 23.3. The fourth-order valence-electron chi connectivity index (χ4n) is 2.56. The van der Waals surface area contributed by atoms with Crippen molar-refractivity contribution in [2.24, 2.45) is 5.92 Å². The Morgan fingerprint density at radius 2 is 1.73 bits per heavy atom. The minimum Gasteiger partial charge on any atom is -0.462 e. The van der Waals surface area contributed by atoms with Crippen molar-refractivity contribution in [3.8, 4) is 0 Å². The zero-order chi connectivity index (χ0) is 22.3. The third-order valence-electron chi connectivity index (χ3n) is 4.10. The van der Waals surface area contributed by atoms with Crippen LogP contribution in [0.3, 0.4) is 0 Å². The number of hydrogen-bond acceptors (Lipinski definition) is 6. The fourth-order valence-corrected chi connectivity index (χ4v) is 3.65. The van der Waals surface area contributed by atoms with Crippen LogP contribution in [0.2, 0.25) is 0 Å². The van der Waals surface area contributed by atoms with Crippen molar-refractivity contribution in [1.82, 2.24) is 0 Å². The molecule has 0 unspecified atom stereocenters. The molecule has 0 saturated heterocycles. The summed E-state index contributed by atoms with van der Waals surface area (Å²) in [5.74, 6) is -1.34. The lowest BCUT2D eigenvalue weighted by Gasteiger charge is -2.06. The van der Waals surface area contributed by atoms with Gasteiger partial charge >= 0.3 is 11.9 Å². The number of benzene rings is 1. The molecule has 1 amide bonds. The zero-order valence-corrected chi connectivity index (χ0v) is 18.7. The van der Waals surface area contributed by atoms with E-state index in [1.807, 2.05) is 45.0 Å². The predicted molar refractivity (Wildman–Crippen MR) is 119 cm³/mol. The molecule has 30 heavy (non-hydrogen) atoms. The van der Waals surface area contributed by atoms with Crippen LogP contribution in [0.25, 0.3) is 6.08 Å². The van der Waals surface area contributed by atoms with Gasteiger partial charge in [-0.1, -0.05) is 43.7 Å². The number of thiophene rings is 1. The molecule has 0 spiro atoms. The first-order valence-corrected chi connectivity index (χ1v) is 10.6. The Morgan fingerprint density at radius 1 is 1.07 bits per heavy atom. The van der Waals surface area contributed by atoms with Gasteiger partial charge < -0.3 is 14.8 Å². The molecule has 0 atom stereocenters. The van der Waals surface area contributed by atoms with Crippen LogP contribution in [0.1, 0.15) is 57.5 Å². The van der Waals surface area contributed by atoms with Crippen molar-refractivity contribution in [2.75, 3.05) is 18.5 Å². The normalized spacial score (nSPS) is 11.0. The van der Waals surface area contributed by atoms with Crippen LogP contribution in [-0.2, 0) is 14.3 Å². The van der Waals surface area contributed by atoms with E-state index in [0.717, 1.165) is 22.5 Å². The molecule has 0 radical (unpaired) electrons. The molecule has 1 heterocycles. The Kier molecular flexibility index (Phi) is 8.35. The van der Waals surface area contributed by atoms with Gasteiger partial charge in [0.25, 0.3) is 0 Å². The summed E-state index contributed by atoms with van der Waals surface area (Å²) in [6.07, 6.45) is 3.06. The molecule has 1 aromatic carbocycles. The number of carbonyl (C=O) groups excluding carboxylic acids is 3. The molecule has 0 fully saturated rings. The van der Waals surface area contributed by atoms with E-state index >= 15 is 0 Å². The topological polar surface area (TPSA) is 81.7 Å². The summed E-state index contributed by atoms with van der Waals surface area (Å²) in [6.45, 7) is 9.65. The first-order chi connectivity index (χ1) is 14.2. The van der Waals surface area contributed by atoms with Crippen LogP contribution in [0.4, 0.5) is 5.00 Å². The number of aryl methyl sites for hydroxylation is 1. The largest absolute Gasteiger partial charge is 0.462 e. The monoisotopic (exact) mass is 429 g/mol. The molecule has 0 aliphatic rings. The lowest BCUT2D eigenvalue weighted by molar-refractivity contribution is -0.111. The number of ether oxygens (including phenoxy) is 2. The summed E-state index contributed by atoms with van der Waals surface area (Å²) >= 11 is 1.01. The van der Waals surface area contributed by atoms with Gasteiger partial charge in [0.1, 0.15) is 9.88 Å². The van der Waals surface area contributed by atoms with Gasteiger partial charge in [-0.2, -0.15) is 0 Å². The Bertz CT molecular complexity index is 941. The second-order valence-corrected chi connectivity index (χ2v) is 8.23. The molecule has 0 aliphatic heterocycles. The molecule has 2 rings (SSSR count). The highest BCUT2D eigenvalue weighted by atomic mass is 32.1. The molecule has 0 bridgehead atoms. The minimum atomic E-state index is -0.591. The number of hydrogen-bond donors (Lipinski definition) is 1. The fraction of sp³-hybridized carbons (Fsp3) is 0.348. The van der Waals surface area contributed by atoms with Crippen LogP contribution in [-0.4, -0.2) is 31.1 Å². The van der Waals surface area contributed by atoms with E-state index in [0.29, 0.717) is 5.56 Å². The minimum absolute atomic E-state index is 0.176. The van der Waals surface area contributed by atoms with Gasteiger partial charge in [0.15, 0.2) is 0 Å². The molecule has 2 aromatic rings. The lowest BCUT2D eigenvalue weighted by Crippen LogP contribution is -2.13. The van der Waals surface area contributed by atoms with Crippen molar-refractivity contribution in [3.63, 3.8) is 0 Å². The Hall–Kier alpha value is -2.93. The van der Waals surface area contributed by atoms with E-state index in [1.165, 1.54) is 6.08 Å². The number of nitrogens with one attached hydrogen (secondary N) is 1. The van der Waals surface area contributed by atoms with E-state index in [9.17, 15) is 14.4 Å². The van der Waals surface area contributed by atoms with Gasteiger partial charge in [0.05, 0.1) is 18.8 Å². The maximum absolute atomic E-state index is 12.4. The summed E-state index contributed by atoms with van der Waals surface area (Å²) in [6, 6.07) is 7.71. The summed E-state index contributed by atoms with van der Waals surface area (Å²) in [5.41, 5.74) is 2.61. The molecule has 1 aromatic heterocycles. The third kappa shape index (κ3) is 6.29. The van der Waals surface area contributed by atoms with Crippen molar-refractivity contribution < 1.29 is 23.9 Å². The Labute approximate surface area is 180 Å². The Morgan fingerprint density at radius 3 is 2.33 bits per heavy atom. The van der Waals surface area contributed by atoms with E-state index in [-0.39, 0.29) is 34.6 Å². The van der Waals surface area contributed by atoms with E-state index in [1.54, 1.807) is 19.9 Å². The highest BCUT2D eigenvalue weighted by molar-refractivity contribution is 7.18. The van der Waals surface area contributed by atoms with Crippen LogP contribution in [0, 0.1) is 19.8 Å². The molecule has 0 aliphatic carbocycles. The molecule has 7 heteroatoms. The molecular weight excluding hydrogens is 402 g/mol. The highest BCUT2D eigenvalue weighted by Gasteiger charge is 2.27. The molecular formula is C23H27NO5S. The zero-order valence-electron chi connectivity index (χ0n) is 17.9. The second-order valence-electron chi connectivity index (χ2n) is 7.21. The maximum Gasteiger partial charge on any atom is 0.348 e. The van der Waals surface area contributed by atoms with Gasteiger partial charge in [-0.05, 0) is 43.9 Å². The van der Waals surface area contributed by atoms with Crippen molar-refractivity contribution in [1.29, 1.82) is 0 Å². The number of rotatable bonds is 8. The summed E-state index contributed by atoms with van der Waals surface area (Å²) in [4.78, 5) is 37.6. The van der Waals surface area contributed by atoms with Gasteiger partial charge in [-0.3, -0.25) is 4.79 Å². The highest BCUT2D eigenvalue weighted by Crippen LogP contribution is 2.34. The van der Waals surface area contributed by atoms with Gasteiger partial charge in [0.2, 0.25) is 5.91 Å². The van der Waals surface area contributed by atoms with Crippen LogP contribution < -0.4 is 5.32 Å². The molecule has 1 N–H and O–H groups in total. The molecule has 6 nitrogen and oxygen atoms in total. The average Bonchev–Trinajstić information content (AvgIpc) is 3.01. The number of carbonyl (C=O) groups is 3. The number of amides is 1. The standard InChI is InChI=1S/C23H27NO5S/c1-6-28-22(26)19-16(5)20(23(27)29-13-14(2)3)30-21(19)24-18(25)12-11-17-9-7-15(4)8-10-17/h7-12,14H,6,13H2,1-5H3,(H,24,25)/b12-11+. The number of esters is 2. The maximum atomic E-state index is 12.4. The summed E-state index contributed by atoms with van der Waals surface area (Å²) < 4.78 is 10.4. The average molecular weight is 430 g/mol. The molecule has 0 saturated carbocycles. The first-order valence-electron chi connectivity index (χ1n) is 9.76.